The Hall–Kier alpha value is -1.51. The molecule has 2 rings (SSSR count). The van der Waals surface area contributed by atoms with Gasteiger partial charge in [0.25, 0.3) is 0 Å². The van der Waals surface area contributed by atoms with E-state index in [1.54, 1.807) is 0 Å². The van der Waals surface area contributed by atoms with Gasteiger partial charge < -0.3 is 10.6 Å². The molecule has 0 bridgehead atoms. The molecular formula is C14H20N2O. The normalized spacial score (nSPS) is 14.4. The zero-order valence-corrected chi connectivity index (χ0v) is 10.3. The van der Waals surface area contributed by atoms with Crippen LogP contribution in [0.4, 0.5) is 11.4 Å². The Morgan fingerprint density at radius 2 is 1.88 bits per heavy atom. The minimum absolute atomic E-state index is 0.106. The standard InChI is InChI=1S/C14H20N2O/c1-2-3-4-14(17)16-13-9-7-12(8-10-13)15-11-5-6-11/h7-11,15H,2-6H2,1H3,(H,16,17). The van der Waals surface area contributed by atoms with Crippen LogP contribution in [0.3, 0.4) is 0 Å². The van der Waals surface area contributed by atoms with Crippen molar-refractivity contribution in [3.8, 4) is 0 Å². The molecule has 92 valence electrons. The molecule has 1 saturated carbocycles. The van der Waals surface area contributed by atoms with Gasteiger partial charge in [-0.25, -0.2) is 0 Å². The summed E-state index contributed by atoms with van der Waals surface area (Å²) in [6.45, 7) is 2.09. The number of benzene rings is 1. The Morgan fingerprint density at radius 1 is 1.24 bits per heavy atom. The van der Waals surface area contributed by atoms with Gasteiger partial charge in [0.1, 0.15) is 0 Å². The quantitative estimate of drug-likeness (QED) is 0.789. The van der Waals surface area contributed by atoms with E-state index in [0.717, 1.165) is 24.2 Å². The fraction of sp³-hybridized carbons (Fsp3) is 0.500. The molecule has 1 aliphatic carbocycles. The van der Waals surface area contributed by atoms with Crippen LogP contribution in [-0.2, 0) is 4.79 Å². The predicted octanol–water partition coefficient (Wildman–Crippen LogP) is 3.39. The van der Waals surface area contributed by atoms with E-state index in [9.17, 15) is 4.79 Å². The molecule has 3 heteroatoms. The molecule has 0 spiro atoms. The van der Waals surface area contributed by atoms with Gasteiger partial charge in [-0.3, -0.25) is 4.79 Å². The van der Waals surface area contributed by atoms with Crippen LogP contribution in [0.1, 0.15) is 39.0 Å². The lowest BCUT2D eigenvalue weighted by Gasteiger charge is -2.07. The molecule has 17 heavy (non-hydrogen) atoms. The average Bonchev–Trinajstić information content (AvgIpc) is 3.13. The van der Waals surface area contributed by atoms with E-state index in [0.29, 0.717) is 12.5 Å². The van der Waals surface area contributed by atoms with E-state index in [2.05, 4.69) is 17.6 Å². The van der Waals surface area contributed by atoms with Crippen molar-refractivity contribution in [2.45, 2.75) is 45.1 Å². The molecule has 1 amide bonds. The Morgan fingerprint density at radius 3 is 2.47 bits per heavy atom. The van der Waals surface area contributed by atoms with Crippen LogP contribution in [0.15, 0.2) is 24.3 Å². The van der Waals surface area contributed by atoms with Crippen molar-refractivity contribution in [3.63, 3.8) is 0 Å². The molecule has 0 saturated heterocycles. The Labute approximate surface area is 103 Å². The average molecular weight is 232 g/mol. The van der Waals surface area contributed by atoms with Crippen molar-refractivity contribution in [2.24, 2.45) is 0 Å². The van der Waals surface area contributed by atoms with Gasteiger partial charge in [-0.15, -0.1) is 0 Å². The minimum atomic E-state index is 0.106. The van der Waals surface area contributed by atoms with Crippen LogP contribution in [0.25, 0.3) is 0 Å². The van der Waals surface area contributed by atoms with Crippen molar-refractivity contribution in [1.82, 2.24) is 0 Å². The zero-order valence-electron chi connectivity index (χ0n) is 10.3. The highest BCUT2D eigenvalue weighted by molar-refractivity contribution is 5.90. The summed E-state index contributed by atoms with van der Waals surface area (Å²) in [5.41, 5.74) is 2.02. The molecule has 2 N–H and O–H groups in total. The van der Waals surface area contributed by atoms with Crippen LogP contribution in [-0.4, -0.2) is 11.9 Å². The zero-order chi connectivity index (χ0) is 12.1. The van der Waals surface area contributed by atoms with Gasteiger partial charge in [-0.05, 0) is 43.5 Å². The van der Waals surface area contributed by atoms with Crippen molar-refractivity contribution < 1.29 is 4.79 Å². The largest absolute Gasteiger partial charge is 0.382 e. The Balaban J connectivity index is 1.82. The predicted molar refractivity (Wildman–Crippen MR) is 71.2 cm³/mol. The highest BCUT2D eigenvalue weighted by Gasteiger charge is 2.20. The van der Waals surface area contributed by atoms with Gasteiger partial charge in [0.05, 0.1) is 0 Å². The van der Waals surface area contributed by atoms with E-state index >= 15 is 0 Å². The molecule has 1 aliphatic rings. The number of carbonyl (C=O) groups is 1. The van der Waals surface area contributed by atoms with E-state index in [4.69, 9.17) is 0 Å². The second-order valence-corrected chi connectivity index (χ2v) is 4.65. The number of carbonyl (C=O) groups excluding carboxylic acids is 1. The lowest BCUT2D eigenvalue weighted by Crippen LogP contribution is -2.10. The molecule has 0 radical (unpaired) electrons. The van der Waals surface area contributed by atoms with Gasteiger partial charge in [-0.2, -0.15) is 0 Å². The third-order valence-corrected chi connectivity index (χ3v) is 2.87. The van der Waals surface area contributed by atoms with E-state index in [1.165, 1.54) is 12.8 Å². The summed E-state index contributed by atoms with van der Waals surface area (Å²) in [6, 6.07) is 8.62. The second-order valence-electron chi connectivity index (χ2n) is 4.65. The fourth-order valence-corrected chi connectivity index (χ4v) is 1.67. The van der Waals surface area contributed by atoms with Crippen molar-refractivity contribution in [3.05, 3.63) is 24.3 Å². The Bertz CT molecular complexity index is 368. The summed E-state index contributed by atoms with van der Waals surface area (Å²) in [5.74, 6) is 0.106. The number of nitrogens with one attached hydrogen (secondary N) is 2. The number of rotatable bonds is 6. The highest BCUT2D eigenvalue weighted by Crippen LogP contribution is 2.25. The maximum absolute atomic E-state index is 11.5. The SMILES string of the molecule is CCCCC(=O)Nc1ccc(NC2CC2)cc1. The van der Waals surface area contributed by atoms with E-state index < -0.39 is 0 Å². The number of amides is 1. The van der Waals surface area contributed by atoms with Crippen LogP contribution in [0.5, 0.6) is 0 Å². The summed E-state index contributed by atoms with van der Waals surface area (Å²) >= 11 is 0. The summed E-state index contributed by atoms with van der Waals surface area (Å²) in [7, 11) is 0. The number of anilines is 2. The second kappa shape index (κ2) is 5.71. The third-order valence-electron chi connectivity index (χ3n) is 2.87. The molecular weight excluding hydrogens is 212 g/mol. The van der Waals surface area contributed by atoms with Gasteiger partial charge in [0.15, 0.2) is 0 Å². The summed E-state index contributed by atoms with van der Waals surface area (Å²) in [6.07, 6.45) is 5.16. The fourth-order valence-electron chi connectivity index (χ4n) is 1.67. The first kappa shape index (κ1) is 12.0. The molecule has 0 aliphatic heterocycles. The first-order valence-electron chi connectivity index (χ1n) is 6.44. The number of unbranched alkanes of at least 4 members (excludes halogenated alkanes) is 1. The summed E-state index contributed by atoms with van der Waals surface area (Å²) in [4.78, 5) is 11.5. The maximum Gasteiger partial charge on any atom is 0.224 e. The van der Waals surface area contributed by atoms with Gasteiger partial charge >= 0.3 is 0 Å². The lowest BCUT2D eigenvalue weighted by molar-refractivity contribution is -0.116. The molecule has 0 unspecified atom stereocenters. The molecule has 3 nitrogen and oxygen atoms in total. The van der Waals surface area contributed by atoms with Crippen LogP contribution in [0.2, 0.25) is 0 Å². The van der Waals surface area contributed by atoms with Gasteiger partial charge in [0, 0.05) is 23.8 Å². The molecule has 0 atom stereocenters. The third kappa shape index (κ3) is 4.10. The molecule has 1 aromatic carbocycles. The smallest absolute Gasteiger partial charge is 0.224 e. The molecule has 0 heterocycles. The van der Waals surface area contributed by atoms with Crippen molar-refractivity contribution in [2.75, 3.05) is 10.6 Å². The van der Waals surface area contributed by atoms with Crippen LogP contribution < -0.4 is 10.6 Å². The highest BCUT2D eigenvalue weighted by atomic mass is 16.1. The summed E-state index contributed by atoms with van der Waals surface area (Å²) in [5, 5.41) is 6.32. The summed E-state index contributed by atoms with van der Waals surface area (Å²) < 4.78 is 0. The topological polar surface area (TPSA) is 41.1 Å². The number of hydrogen-bond donors (Lipinski definition) is 2. The number of hydrogen-bond acceptors (Lipinski definition) is 2. The van der Waals surface area contributed by atoms with Gasteiger partial charge in [0.2, 0.25) is 5.91 Å². The van der Waals surface area contributed by atoms with Gasteiger partial charge in [-0.1, -0.05) is 13.3 Å². The monoisotopic (exact) mass is 232 g/mol. The maximum atomic E-state index is 11.5. The van der Waals surface area contributed by atoms with Crippen molar-refractivity contribution >= 4 is 17.3 Å². The van der Waals surface area contributed by atoms with Crippen molar-refractivity contribution in [1.29, 1.82) is 0 Å². The molecule has 1 aromatic rings. The Kier molecular flexibility index (Phi) is 4.02. The van der Waals surface area contributed by atoms with Crippen LogP contribution in [0, 0.1) is 0 Å². The first-order chi connectivity index (χ1) is 8.28. The van der Waals surface area contributed by atoms with Crippen LogP contribution >= 0.6 is 0 Å². The minimum Gasteiger partial charge on any atom is -0.382 e. The van der Waals surface area contributed by atoms with E-state index in [-0.39, 0.29) is 5.91 Å². The lowest BCUT2D eigenvalue weighted by atomic mass is 10.2. The molecule has 0 aromatic heterocycles. The van der Waals surface area contributed by atoms with E-state index in [1.807, 2.05) is 24.3 Å². The molecule has 1 fully saturated rings. The first-order valence-corrected chi connectivity index (χ1v) is 6.44.